The molecule has 6 nitrogen and oxygen atoms in total. The molecule has 2 saturated carbocycles. The van der Waals surface area contributed by atoms with Gasteiger partial charge in [-0.3, -0.25) is 4.79 Å². The molecular weight excluding hydrogens is 455 g/mol. The van der Waals surface area contributed by atoms with E-state index < -0.39 is 0 Å². The average molecular weight is 494 g/mol. The van der Waals surface area contributed by atoms with Crippen LogP contribution in [0.25, 0.3) is 0 Å². The van der Waals surface area contributed by atoms with Crippen molar-refractivity contribution in [3.05, 3.63) is 0 Å². The van der Waals surface area contributed by atoms with E-state index >= 15 is 0 Å². The summed E-state index contributed by atoms with van der Waals surface area (Å²) in [6.45, 7) is 4.40. The van der Waals surface area contributed by atoms with E-state index in [9.17, 15) is 4.79 Å². The highest BCUT2D eigenvalue weighted by Gasteiger charge is 2.24. The van der Waals surface area contributed by atoms with Crippen molar-refractivity contribution < 1.29 is 9.53 Å². The van der Waals surface area contributed by atoms with Crippen LogP contribution >= 0.6 is 24.0 Å². The topological polar surface area (TPSA) is 66.0 Å². The lowest BCUT2D eigenvalue weighted by Crippen LogP contribution is -2.49. The zero-order valence-electron chi connectivity index (χ0n) is 17.5. The highest BCUT2D eigenvalue weighted by Crippen LogP contribution is 2.22. The number of nitrogens with one attached hydrogen (secondary N) is 2. The molecule has 0 radical (unpaired) electrons. The van der Waals surface area contributed by atoms with Crippen LogP contribution < -0.4 is 10.6 Å². The first-order chi connectivity index (χ1) is 12.4. The van der Waals surface area contributed by atoms with E-state index in [1.165, 1.54) is 32.1 Å². The van der Waals surface area contributed by atoms with Crippen molar-refractivity contribution in [2.75, 3.05) is 20.6 Å². The third-order valence-electron chi connectivity index (χ3n) is 5.30. The highest BCUT2D eigenvalue weighted by atomic mass is 127. The third kappa shape index (κ3) is 9.45. The zero-order valence-corrected chi connectivity index (χ0v) is 19.8. The summed E-state index contributed by atoms with van der Waals surface area (Å²) >= 11 is 0. The van der Waals surface area contributed by atoms with Crippen LogP contribution in [0, 0.1) is 0 Å². The van der Waals surface area contributed by atoms with Crippen molar-refractivity contribution in [3.8, 4) is 0 Å². The third-order valence-corrected chi connectivity index (χ3v) is 5.30. The Kier molecular flexibility index (Phi) is 11.6. The maximum absolute atomic E-state index is 11.9. The fourth-order valence-corrected chi connectivity index (χ4v) is 3.78. The maximum atomic E-state index is 11.9. The number of nitrogens with zero attached hydrogens (tertiary/aromatic N) is 2. The summed E-state index contributed by atoms with van der Waals surface area (Å²) in [5.74, 6) is 0.837. The number of hydrogen-bond donors (Lipinski definition) is 2. The predicted octanol–water partition coefficient (Wildman–Crippen LogP) is 3.30. The SMILES string of the molecule is CC(C)OC1CCC(NC(=NCC(=O)N(C)C)NC2CCCCC2)CC1.I. The minimum atomic E-state index is 0. The maximum Gasteiger partial charge on any atom is 0.243 e. The molecule has 0 heterocycles. The van der Waals surface area contributed by atoms with Gasteiger partial charge in [0.2, 0.25) is 5.91 Å². The molecule has 0 aromatic rings. The van der Waals surface area contributed by atoms with E-state index in [2.05, 4.69) is 29.5 Å². The van der Waals surface area contributed by atoms with E-state index in [1.807, 2.05) is 0 Å². The molecule has 0 aromatic heterocycles. The van der Waals surface area contributed by atoms with E-state index in [0.717, 1.165) is 31.6 Å². The molecule has 2 aliphatic carbocycles. The zero-order chi connectivity index (χ0) is 18.9. The van der Waals surface area contributed by atoms with Gasteiger partial charge in [0, 0.05) is 26.2 Å². The van der Waals surface area contributed by atoms with Gasteiger partial charge in [-0.15, -0.1) is 24.0 Å². The number of likely N-dealkylation sites (N-methyl/N-ethyl adjacent to an activating group) is 1. The molecule has 0 unspecified atom stereocenters. The molecule has 158 valence electrons. The molecule has 1 amide bonds. The van der Waals surface area contributed by atoms with Gasteiger partial charge < -0.3 is 20.3 Å². The van der Waals surface area contributed by atoms with Crippen molar-refractivity contribution in [3.63, 3.8) is 0 Å². The molecule has 2 fully saturated rings. The van der Waals surface area contributed by atoms with Gasteiger partial charge in [0.25, 0.3) is 0 Å². The first-order valence-corrected chi connectivity index (χ1v) is 10.4. The number of hydrogen-bond acceptors (Lipinski definition) is 3. The van der Waals surface area contributed by atoms with Crippen LogP contribution in [-0.4, -0.2) is 61.7 Å². The molecule has 2 aliphatic rings. The Hall–Kier alpha value is -0.570. The van der Waals surface area contributed by atoms with Crippen molar-refractivity contribution >= 4 is 35.8 Å². The van der Waals surface area contributed by atoms with Crippen molar-refractivity contribution in [1.82, 2.24) is 15.5 Å². The summed E-state index contributed by atoms with van der Waals surface area (Å²) in [5.41, 5.74) is 0. The normalized spacial score (nSPS) is 24.3. The van der Waals surface area contributed by atoms with Crippen molar-refractivity contribution in [2.24, 2.45) is 4.99 Å². The molecular formula is C20H39IN4O2. The van der Waals surface area contributed by atoms with Crippen LogP contribution in [-0.2, 0) is 9.53 Å². The monoisotopic (exact) mass is 494 g/mol. The van der Waals surface area contributed by atoms with Gasteiger partial charge in [-0.1, -0.05) is 19.3 Å². The average Bonchev–Trinajstić information content (AvgIpc) is 2.61. The second-order valence-corrected chi connectivity index (χ2v) is 8.24. The van der Waals surface area contributed by atoms with E-state index in [0.29, 0.717) is 24.3 Å². The molecule has 0 bridgehead atoms. The summed E-state index contributed by atoms with van der Waals surface area (Å²) in [6, 6.07) is 0.886. The van der Waals surface area contributed by atoms with Crippen LogP contribution in [0.5, 0.6) is 0 Å². The number of carbonyl (C=O) groups excluding carboxylic acids is 1. The minimum Gasteiger partial charge on any atom is -0.376 e. The van der Waals surface area contributed by atoms with Crippen LogP contribution in [0.1, 0.15) is 71.6 Å². The summed E-state index contributed by atoms with van der Waals surface area (Å²) in [6.07, 6.45) is 11.3. The first-order valence-electron chi connectivity index (χ1n) is 10.4. The Labute approximate surface area is 182 Å². The second kappa shape index (κ2) is 12.8. The summed E-state index contributed by atoms with van der Waals surface area (Å²) in [4.78, 5) is 18.1. The standard InChI is InChI=1S/C20H38N4O2.HI/c1-15(2)26-18-12-10-17(11-13-18)23-20(21-14-19(25)24(3)4)22-16-8-6-5-7-9-16;/h15-18H,5-14H2,1-4H3,(H2,21,22,23);1H. The Morgan fingerprint density at radius 3 is 2.07 bits per heavy atom. The number of aliphatic imine (C=N–C) groups is 1. The number of rotatable bonds is 6. The number of guanidine groups is 1. The molecule has 7 heteroatoms. The van der Waals surface area contributed by atoms with Crippen LogP contribution in [0.4, 0.5) is 0 Å². The lowest BCUT2D eigenvalue weighted by Gasteiger charge is -2.32. The lowest BCUT2D eigenvalue weighted by molar-refractivity contribution is -0.127. The quantitative estimate of drug-likeness (QED) is 0.338. The van der Waals surface area contributed by atoms with Gasteiger partial charge in [-0.2, -0.15) is 0 Å². The van der Waals surface area contributed by atoms with E-state index in [1.54, 1.807) is 19.0 Å². The molecule has 0 spiro atoms. The van der Waals surface area contributed by atoms with Gasteiger partial charge in [-0.05, 0) is 52.4 Å². The first kappa shape index (κ1) is 24.5. The highest BCUT2D eigenvalue weighted by molar-refractivity contribution is 14.0. The van der Waals surface area contributed by atoms with E-state index in [4.69, 9.17) is 4.74 Å². The Bertz CT molecular complexity index is 457. The fourth-order valence-electron chi connectivity index (χ4n) is 3.78. The molecule has 0 atom stereocenters. The van der Waals surface area contributed by atoms with Gasteiger partial charge in [0.05, 0.1) is 12.2 Å². The lowest BCUT2D eigenvalue weighted by atomic mass is 9.92. The molecule has 0 aromatic carbocycles. The number of ether oxygens (including phenoxy) is 1. The van der Waals surface area contributed by atoms with Crippen LogP contribution in [0.3, 0.4) is 0 Å². The van der Waals surface area contributed by atoms with Gasteiger partial charge >= 0.3 is 0 Å². The largest absolute Gasteiger partial charge is 0.376 e. The Morgan fingerprint density at radius 1 is 1.00 bits per heavy atom. The Morgan fingerprint density at radius 2 is 1.56 bits per heavy atom. The molecule has 2 N–H and O–H groups in total. The minimum absolute atomic E-state index is 0. The molecule has 27 heavy (non-hydrogen) atoms. The molecule has 0 saturated heterocycles. The Balaban J connectivity index is 0.00000364. The van der Waals surface area contributed by atoms with Crippen molar-refractivity contribution in [1.29, 1.82) is 0 Å². The summed E-state index contributed by atoms with van der Waals surface area (Å²) in [5, 5.41) is 7.16. The molecule has 2 rings (SSSR count). The smallest absolute Gasteiger partial charge is 0.243 e. The van der Waals surface area contributed by atoms with Crippen LogP contribution in [0.2, 0.25) is 0 Å². The van der Waals surface area contributed by atoms with Crippen LogP contribution in [0.15, 0.2) is 4.99 Å². The van der Waals surface area contributed by atoms with E-state index in [-0.39, 0.29) is 36.4 Å². The number of halogens is 1. The van der Waals surface area contributed by atoms with Gasteiger partial charge in [0.15, 0.2) is 5.96 Å². The summed E-state index contributed by atoms with van der Waals surface area (Å²) < 4.78 is 5.95. The second-order valence-electron chi connectivity index (χ2n) is 8.24. The fraction of sp³-hybridized carbons (Fsp3) is 0.900. The van der Waals surface area contributed by atoms with Crippen molar-refractivity contribution in [2.45, 2.75) is 95.9 Å². The van der Waals surface area contributed by atoms with Gasteiger partial charge in [0.1, 0.15) is 6.54 Å². The number of carbonyl (C=O) groups is 1. The molecule has 0 aliphatic heterocycles. The predicted molar refractivity (Wildman–Crippen MR) is 122 cm³/mol. The number of amides is 1. The van der Waals surface area contributed by atoms with Gasteiger partial charge in [-0.25, -0.2) is 4.99 Å². The summed E-state index contributed by atoms with van der Waals surface area (Å²) in [7, 11) is 3.55.